The highest BCUT2D eigenvalue weighted by Crippen LogP contribution is 2.28. The molecule has 1 saturated heterocycles. The number of carbonyl (C=O) groups is 3. The highest BCUT2D eigenvalue weighted by Gasteiger charge is 2.25. The molecule has 0 radical (unpaired) electrons. The first-order valence-corrected chi connectivity index (χ1v) is 8.48. The van der Waals surface area contributed by atoms with E-state index in [0.29, 0.717) is 39.0 Å². The zero-order valence-electron chi connectivity index (χ0n) is 14.7. The van der Waals surface area contributed by atoms with Crippen molar-refractivity contribution in [3.63, 3.8) is 0 Å². The summed E-state index contributed by atoms with van der Waals surface area (Å²) < 4.78 is 4.75. The summed E-state index contributed by atoms with van der Waals surface area (Å²) in [5, 5.41) is 0. The zero-order valence-corrected chi connectivity index (χ0v) is 14.7. The van der Waals surface area contributed by atoms with E-state index < -0.39 is 0 Å². The number of hydrogen-bond acceptors (Lipinski definition) is 4. The van der Waals surface area contributed by atoms with E-state index >= 15 is 0 Å². The Kier molecular flexibility index (Phi) is 4.92. The molecule has 3 amide bonds. The molecule has 1 aromatic carbocycles. The van der Waals surface area contributed by atoms with Crippen molar-refractivity contribution < 1.29 is 19.1 Å². The van der Waals surface area contributed by atoms with E-state index in [1.54, 1.807) is 21.7 Å². The van der Waals surface area contributed by atoms with Crippen LogP contribution >= 0.6 is 0 Å². The Morgan fingerprint density at radius 3 is 2.60 bits per heavy atom. The van der Waals surface area contributed by atoms with Crippen molar-refractivity contribution >= 4 is 23.6 Å². The Morgan fingerprint density at radius 2 is 1.84 bits per heavy atom. The number of methoxy groups -OCH3 is 1. The van der Waals surface area contributed by atoms with Crippen LogP contribution < -0.4 is 4.90 Å². The third-order valence-electron chi connectivity index (χ3n) is 4.86. The van der Waals surface area contributed by atoms with Gasteiger partial charge in [0.05, 0.1) is 20.0 Å². The molecule has 134 valence electrons. The maximum atomic E-state index is 12.6. The SMILES string of the molecule is COC(=O)N1CCCN(C(=O)Cc2ccc3c(c2)CC(=O)N3C)CC1. The minimum atomic E-state index is -0.346. The van der Waals surface area contributed by atoms with Crippen molar-refractivity contribution in [2.75, 3.05) is 45.2 Å². The van der Waals surface area contributed by atoms with Gasteiger partial charge in [-0.05, 0) is 23.6 Å². The van der Waals surface area contributed by atoms with E-state index in [4.69, 9.17) is 4.74 Å². The minimum absolute atomic E-state index is 0.0457. The van der Waals surface area contributed by atoms with Gasteiger partial charge < -0.3 is 19.4 Å². The van der Waals surface area contributed by atoms with Gasteiger partial charge in [-0.3, -0.25) is 9.59 Å². The fourth-order valence-electron chi connectivity index (χ4n) is 3.40. The van der Waals surface area contributed by atoms with Crippen LogP contribution in [0.1, 0.15) is 17.5 Å². The molecule has 3 rings (SSSR count). The standard InChI is InChI=1S/C18H23N3O4/c1-19-15-5-4-13(10-14(15)12-16(19)22)11-17(23)20-6-3-7-21(9-8-20)18(24)25-2/h4-5,10H,3,6-9,11-12H2,1-2H3. The molecular formula is C18H23N3O4. The van der Waals surface area contributed by atoms with Gasteiger partial charge in [-0.2, -0.15) is 0 Å². The summed E-state index contributed by atoms with van der Waals surface area (Å²) in [5.74, 6) is 0.123. The summed E-state index contributed by atoms with van der Waals surface area (Å²) in [4.78, 5) is 41.1. The molecule has 0 spiro atoms. The second kappa shape index (κ2) is 7.13. The van der Waals surface area contributed by atoms with Crippen molar-refractivity contribution in [3.8, 4) is 0 Å². The Labute approximate surface area is 147 Å². The van der Waals surface area contributed by atoms with Gasteiger partial charge in [0.1, 0.15) is 0 Å². The monoisotopic (exact) mass is 345 g/mol. The number of ether oxygens (including phenoxy) is 1. The number of anilines is 1. The molecule has 2 aliphatic heterocycles. The summed E-state index contributed by atoms with van der Waals surface area (Å²) in [6, 6.07) is 5.77. The van der Waals surface area contributed by atoms with Gasteiger partial charge >= 0.3 is 6.09 Å². The number of nitrogens with zero attached hydrogens (tertiary/aromatic N) is 3. The maximum Gasteiger partial charge on any atom is 0.409 e. The van der Waals surface area contributed by atoms with E-state index in [2.05, 4.69) is 0 Å². The lowest BCUT2D eigenvalue weighted by atomic mass is 10.1. The van der Waals surface area contributed by atoms with Crippen LogP contribution in [0.5, 0.6) is 0 Å². The number of hydrogen-bond donors (Lipinski definition) is 0. The largest absolute Gasteiger partial charge is 0.453 e. The molecule has 0 aromatic heterocycles. The number of rotatable bonds is 2. The summed E-state index contributed by atoms with van der Waals surface area (Å²) in [7, 11) is 3.13. The molecule has 0 unspecified atom stereocenters. The molecule has 2 heterocycles. The zero-order chi connectivity index (χ0) is 18.0. The van der Waals surface area contributed by atoms with Gasteiger partial charge in [-0.25, -0.2) is 4.79 Å². The van der Waals surface area contributed by atoms with E-state index in [9.17, 15) is 14.4 Å². The fourth-order valence-corrected chi connectivity index (χ4v) is 3.40. The van der Waals surface area contributed by atoms with Crippen LogP contribution in [-0.2, 0) is 27.2 Å². The van der Waals surface area contributed by atoms with Crippen molar-refractivity contribution in [1.82, 2.24) is 9.80 Å². The summed E-state index contributed by atoms with van der Waals surface area (Å²) >= 11 is 0. The highest BCUT2D eigenvalue weighted by molar-refractivity contribution is 6.01. The van der Waals surface area contributed by atoms with E-state index in [1.165, 1.54) is 7.11 Å². The first-order valence-electron chi connectivity index (χ1n) is 8.48. The van der Waals surface area contributed by atoms with Crippen LogP contribution in [0, 0.1) is 0 Å². The third-order valence-corrected chi connectivity index (χ3v) is 4.86. The number of carbonyl (C=O) groups excluding carboxylic acids is 3. The van der Waals surface area contributed by atoms with Crippen LogP contribution in [0.3, 0.4) is 0 Å². The lowest BCUT2D eigenvalue weighted by Gasteiger charge is -2.21. The predicted octanol–water partition coefficient (Wildman–Crippen LogP) is 1.05. The fraction of sp³-hybridized carbons (Fsp3) is 0.500. The average Bonchev–Trinajstić information content (AvgIpc) is 2.79. The Hall–Kier alpha value is -2.57. The number of fused-ring (bicyclic) bond motifs is 1. The summed E-state index contributed by atoms with van der Waals surface area (Å²) in [6.07, 6.45) is 1.10. The first kappa shape index (κ1) is 17.3. The Balaban J connectivity index is 1.62. The van der Waals surface area contributed by atoms with Crippen molar-refractivity contribution in [2.45, 2.75) is 19.3 Å². The maximum absolute atomic E-state index is 12.6. The Morgan fingerprint density at radius 1 is 1.12 bits per heavy atom. The lowest BCUT2D eigenvalue weighted by Crippen LogP contribution is -2.37. The van der Waals surface area contributed by atoms with Crippen LogP contribution in [0.15, 0.2) is 18.2 Å². The minimum Gasteiger partial charge on any atom is -0.453 e. The topological polar surface area (TPSA) is 70.2 Å². The molecule has 0 saturated carbocycles. The third kappa shape index (κ3) is 3.60. The molecule has 0 aliphatic carbocycles. The second-order valence-corrected chi connectivity index (χ2v) is 6.46. The molecule has 1 fully saturated rings. The van der Waals surface area contributed by atoms with Crippen molar-refractivity contribution in [2.24, 2.45) is 0 Å². The predicted molar refractivity (Wildman–Crippen MR) is 92.4 cm³/mol. The quantitative estimate of drug-likeness (QED) is 0.803. The second-order valence-electron chi connectivity index (χ2n) is 6.46. The molecule has 0 atom stereocenters. The van der Waals surface area contributed by atoms with E-state index in [0.717, 1.165) is 23.2 Å². The molecule has 0 bridgehead atoms. The van der Waals surface area contributed by atoms with E-state index in [-0.39, 0.29) is 17.9 Å². The van der Waals surface area contributed by atoms with Gasteiger partial charge in [-0.15, -0.1) is 0 Å². The number of benzene rings is 1. The van der Waals surface area contributed by atoms with Crippen LogP contribution in [0.2, 0.25) is 0 Å². The van der Waals surface area contributed by atoms with Crippen LogP contribution in [0.4, 0.5) is 10.5 Å². The molecule has 1 aromatic rings. The highest BCUT2D eigenvalue weighted by atomic mass is 16.5. The lowest BCUT2D eigenvalue weighted by molar-refractivity contribution is -0.130. The number of likely N-dealkylation sites (N-methyl/N-ethyl adjacent to an activating group) is 1. The van der Waals surface area contributed by atoms with Gasteiger partial charge in [0, 0.05) is 38.9 Å². The van der Waals surface area contributed by atoms with Crippen LogP contribution in [0.25, 0.3) is 0 Å². The van der Waals surface area contributed by atoms with Gasteiger partial charge in [0.25, 0.3) is 0 Å². The molecule has 2 aliphatic rings. The van der Waals surface area contributed by atoms with Gasteiger partial charge in [0.15, 0.2) is 0 Å². The summed E-state index contributed by atoms with van der Waals surface area (Å²) in [5.41, 5.74) is 2.82. The number of amides is 3. The molecule has 0 N–H and O–H groups in total. The molecular weight excluding hydrogens is 322 g/mol. The smallest absolute Gasteiger partial charge is 0.409 e. The first-order chi connectivity index (χ1) is 12.0. The van der Waals surface area contributed by atoms with Crippen molar-refractivity contribution in [1.29, 1.82) is 0 Å². The average molecular weight is 345 g/mol. The van der Waals surface area contributed by atoms with Crippen LogP contribution in [-0.4, -0.2) is 68.0 Å². The molecule has 7 nitrogen and oxygen atoms in total. The molecule has 7 heteroatoms. The molecule has 25 heavy (non-hydrogen) atoms. The Bertz CT molecular complexity index is 704. The van der Waals surface area contributed by atoms with Gasteiger partial charge in [-0.1, -0.05) is 12.1 Å². The van der Waals surface area contributed by atoms with Crippen molar-refractivity contribution in [3.05, 3.63) is 29.3 Å². The van der Waals surface area contributed by atoms with E-state index in [1.807, 2.05) is 18.2 Å². The normalized spacial score (nSPS) is 17.4. The summed E-state index contributed by atoms with van der Waals surface area (Å²) in [6.45, 7) is 2.24. The van der Waals surface area contributed by atoms with Gasteiger partial charge in [0.2, 0.25) is 11.8 Å².